The molecule has 2 aromatic rings. The van der Waals surface area contributed by atoms with Crippen molar-refractivity contribution in [3.8, 4) is 11.5 Å². The molecule has 0 fully saturated rings. The minimum Gasteiger partial charge on any atom is -0.454 e. The third kappa shape index (κ3) is 3.05. The molecule has 0 aliphatic carbocycles. The van der Waals surface area contributed by atoms with Crippen LogP contribution in [0.2, 0.25) is 0 Å². The lowest BCUT2D eigenvalue weighted by atomic mass is 10.1. The summed E-state index contributed by atoms with van der Waals surface area (Å²) in [5, 5.41) is 12.5. The van der Waals surface area contributed by atoms with Gasteiger partial charge in [-0.05, 0) is 42.3 Å². The molecule has 4 nitrogen and oxygen atoms in total. The summed E-state index contributed by atoms with van der Waals surface area (Å²) in [6.07, 6.45) is 0. The number of fused-ring (bicyclic) bond motifs is 1. The number of ether oxygens (including phenoxy) is 2. The zero-order valence-corrected chi connectivity index (χ0v) is 12.3. The molecule has 0 unspecified atom stereocenters. The Balaban J connectivity index is 1.66. The Labute approximate surface area is 128 Å². The largest absolute Gasteiger partial charge is 0.454 e. The van der Waals surface area contributed by atoms with E-state index in [2.05, 4.69) is 5.32 Å². The van der Waals surface area contributed by atoms with Crippen LogP contribution in [0.15, 0.2) is 36.4 Å². The molecule has 2 aromatic carbocycles. The third-order valence-corrected chi connectivity index (χ3v) is 3.79. The number of rotatable bonds is 5. The fourth-order valence-corrected chi connectivity index (χ4v) is 2.43. The van der Waals surface area contributed by atoms with Gasteiger partial charge in [0.05, 0.1) is 6.61 Å². The van der Waals surface area contributed by atoms with Crippen molar-refractivity contribution < 1.29 is 19.0 Å². The van der Waals surface area contributed by atoms with Crippen LogP contribution in [0, 0.1) is 5.82 Å². The number of aliphatic hydroxyl groups excluding tert-OH is 1. The predicted octanol–water partition coefficient (Wildman–Crippen LogP) is 2.90. The summed E-state index contributed by atoms with van der Waals surface area (Å²) < 4.78 is 24.0. The smallest absolute Gasteiger partial charge is 0.231 e. The number of nitrogens with one attached hydrogen (secondary N) is 1. The van der Waals surface area contributed by atoms with Gasteiger partial charge in [0.1, 0.15) is 5.82 Å². The zero-order valence-electron chi connectivity index (χ0n) is 12.3. The van der Waals surface area contributed by atoms with Crippen LogP contribution in [0.1, 0.15) is 29.7 Å². The van der Waals surface area contributed by atoms with E-state index < -0.39 is 0 Å². The molecule has 0 aromatic heterocycles. The Morgan fingerprint density at radius 1 is 1.18 bits per heavy atom. The van der Waals surface area contributed by atoms with Crippen LogP contribution in [0.3, 0.4) is 0 Å². The van der Waals surface area contributed by atoms with Crippen molar-refractivity contribution in [1.82, 2.24) is 5.32 Å². The first-order chi connectivity index (χ1) is 10.7. The molecule has 1 heterocycles. The average Bonchev–Trinajstić information content (AvgIpc) is 3.01. The van der Waals surface area contributed by atoms with Crippen molar-refractivity contribution in [3.63, 3.8) is 0 Å². The van der Waals surface area contributed by atoms with Crippen LogP contribution < -0.4 is 14.8 Å². The van der Waals surface area contributed by atoms with Gasteiger partial charge in [0, 0.05) is 18.2 Å². The summed E-state index contributed by atoms with van der Waals surface area (Å²) in [7, 11) is 0. The molecule has 22 heavy (non-hydrogen) atoms. The van der Waals surface area contributed by atoms with Crippen molar-refractivity contribution in [2.75, 3.05) is 6.79 Å². The van der Waals surface area contributed by atoms with Crippen LogP contribution >= 0.6 is 0 Å². The maximum absolute atomic E-state index is 13.4. The van der Waals surface area contributed by atoms with E-state index in [0.29, 0.717) is 12.1 Å². The maximum Gasteiger partial charge on any atom is 0.231 e. The average molecular weight is 303 g/mol. The van der Waals surface area contributed by atoms with Gasteiger partial charge in [-0.15, -0.1) is 0 Å². The van der Waals surface area contributed by atoms with Crippen LogP contribution in [0.5, 0.6) is 11.5 Å². The van der Waals surface area contributed by atoms with Crippen LogP contribution in [-0.2, 0) is 13.2 Å². The first-order valence-corrected chi connectivity index (χ1v) is 7.18. The molecule has 0 amide bonds. The Bertz CT molecular complexity index is 675. The minimum atomic E-state index is -0.380. The molecule has 2 N–H and O–H groups in total. The number of halogens is 1. The fourth-order valence-electron chi connectivity index (χ4n) is 2.43. The third-order valence-electron chi connectivity index (χ3n) is 3.79. The second-order valence-electron chi connectivity index (χ2n) is 5.30. The van der Waals surface area contributed by atoms with E-state index in [1.165, 1.54) is 6.07 Å². The van der Waals surface area contributed by atoms with Gasteiger partial charge in [-0.1, -0.05) is 12.1 Å². The standard InChI is InChI=1S/C17H18FNO3/c1-11(13-3-5-16-17(7-13)22-10-21-16)19-8-12-2-4-15(18)14(6-12)9-20/h2-7,11,19-20H,8-10H2,1H3/t11-/m0/s1. The Hall–Kier alpha value is -2.11. The lowest BCUT2D eigenvalue weighted by Gasteiger charge is -2.15. The van der Waals surface area contributed by atoms with Gasteiger partial charge in [-0.2, -0.15) is 0 Å². The quantitative estimate of drug-likeness (QED) is 0.892. The Kier molecular flexibility index (Phi) is 4.27. The number of benzene rings is 2. The molecule has 0 spiro atoms. The summed E-state index contributed by atoms with van der Waals surface area (Å²) >= 11 is 0. The lowest BCUT2D eigenvalue weighted by molar-refractivity contribution is 0.174. The van der Waals surface area contributed by atoms with E-state index >= 15 is 0 Å². The maximum atomic E-state index is 13.4. The van der Waals surface area contributed by atoms with Crippen LogP contribution in [-0.4, -0.2) is 11.9 Å². The highest BCUT2D eigenvalue weighted by atomic mass is 19.1. The second-order valence-corrected chi connectivity index (χ2v) is 5.30. The summed E-state index contributed by atoms with van der Waals surface area (Å²) in [6.45, 7) is 2.61. The predicted molar refractivity (Wildman–Crippen MR) is 80.1 cm³/mol. The minimum absolute atomic E-state index is 0.108. The SMILES string of the molecule is C[C@H](NCc1ccc(F)c(CO)c1)c1ccc2c(c1)OCO2. The van der Waals surface area contributed by atoms with Gasteiger partial charge in [-0.3, -0.25) is 0 Å². The van der Waals surface area contributed by atoms with Gasteiger partial charge in [0.25, 0.3) is 0 Å². The van der Waals surface area contributed by atoms with Gasteiger partial charge < -0.3 is 19.9 Å². The van der Waals surface area contributed by atoms with Crippen molar-refractivity contribution in [1.29, 1.82) is 0 Å². The molecule has 1 aliphatic rings. The topological polar surface area (TPSA) is 50.7 Å². The van der Waals surface area contributed by atoms with Gasteiger partial charge in [0.15, 0.2) is 11.5 Å². The molecular weight excluding hydrogens is 285 g/mol. The first-order valence-electron chi connectivity index (χ1n) is 7.18. The summed E-state index contributed by atoms with van der Waals surface area (Å²) in [5.41, 5.74) is 2.34. The molecule has 116 valence electrons. The normalized spacial score (nSPS) is 14.1. The summed E-state index contributed by atoms with van der Waals surface area (Å²) in [5.74, 6) is 1.15. The van der Waals surface area contributed by atoms with Crippen molar-refractivity contribution in [3.05, 3.63) is 58.9 Å². The zero-order chi connectivity index (χ0) is 15.5. The van der Waals surface area contributed by atoms with E-state index in [1.807, 2.05) is 25.1 Å². The summed E-state index contributed by atoms with van der Waals surface area (Å²) in [4.78, 5) is 0. The first kappa shape index (κ1) is 14.8. The Morgan fingerprint density at radius 3 is 2.82 bits per heavy atom. The van der Waals surface area contributed by atoms with E-state index in [9.17, 15) is 4.39 Å². The highest BCUT2D eigenvalue weighted by Gasteiger charge is 2.15. The van der Waals surface area contributed by atoms with Gasteiger partial charge in [0.2, 0.25) is 6.79 Å². The van der Waals surface area contributed by atoms with E-state index in [4.69, 9.17) is 14.6 Å². The highest BCUT2D eigenvalue weighted by Crippen LogP contribution is 2.34. The highest BCUT2D eigenvalue weighted by molar-refractivity contribution is 5.45. The number of hydrogen-bond acceptors (Lipinski definition) is 4. The Morgan fingerprint density at radius 2 is 2.00 bits per heavy atom. The molecular formula is C17H18FNO3. The molecule has 0 saturated heterocycles. The van der Waals surface area contributed by atoms with E-state index in [-0.39, 0.29) is 25.3 Å². The van der Waals surface area contributed by atoms with Gasteiger partial charge >= 0.3 is 0 Å². The van der Waals surface area contributed by atoms with Crippen LogP contribution in [0.4, 0.5) is 4.39 Å². The van der Waals surface area contributed by atoms with Crippen molar-refractivity contribution in [2.24, 2.45) is 0 Å². The monoisotopic (exact) mass is 303 g/mol. The van der Waals surface area contributed by atoms with Gasteiger partial charge in [-0.25, -0.2) is 4.39 Å². The fraction of sp³-hybridized carbons (Fsp3) is 0.294. The molecule has 1 aliphatic heterocycles. The number of aliphatic hydroxyl groups is 1. The molecule has 3 rings (SSSR count). The second kappa shape index (κ2) is 6.34. The molecule has 1 atom stereocenters. The van der Waals surface area contributed by atoms with Crippen molar-refractivity contribution >= 4 is 0 Å². The van der Waals surface area contributed by atoms with Crippen LogP contribution in [0.25, 0.3) is 0 Å². The molecule has 0 radical (unpaired) electrons. The van der Waals surface area contributed by atoms with E-state index in [0.717, 1.165) is 22.6 Å². The molecule has 0 saturated carbocycles. The van der Waals surface area contributed by atoms with E-state index in [1.54, 1.807) is 12.1 Å². The lowest BCUT2D eigenvalue weighted by Crippen LogP contribution is -2.18. The number of hydrogen-bond donors (Lipinski definition) is 2. The molecule has 0 bridgehead atoms. The molecule has 5 heteroatoms. The van der Waals surface area contributed by atoms with Crippen molar-refractivity contribution in [2.45, 2.75) is 26.1 Å². The summed E-state index contributed by atoms with van der Waals surface area (Å²) in [6, 6.07) is 10.7.